The van der Waals surface area contributed by atoms with E-state index >= 15 is 0 Å². The summed E-state index contributed by atoms with van der Waals surface area (Å²) in [6.07, 6.45) is 4.83. The smallest absolute Gasteiger partial charge is 0.337 e. The fourth-order valence-electron chi connectivity index (χ4n) is 2.83. The van der Waals surface area contributed by atoms with Gasteiger partial charge in [0.1, 0.15) is 0 Å². The van der Waals surface area contributed by atoms with Gasteiger partial charge in [0.2, 0.25) is 5.95 Å². The summed E-state index contributed by atoms with van der Waals surface area (Å²) in [6, 6.07) is 5.06. The normalized spacial score (nSPS) is 16.5. The molecule has 0 bridgehead atoms. The molecule has 0 aromatic carbocycles. The van der Waals surface area contributed by atoms with Gasteiger partial charge >= 0.3 is 5.97 Å². The van der Waals surface area contributed by atoms with Gasteiger partial charge in [0.15, 0.2) is 0 Å². The van der Waals surface area contributed by atoms with Crippen molar-refractivity contribution in [3.63, 3.8) is 0 Å². The Hall–Kier alpha value is -3.09. The average molecular weight is 307 g/mol. The van der Waals surface area contributed by atoms with E-state index in [4.69, 9.17) is 5.11 Å². The summed E-state index contributed by atoms with van der Waals surface area (Å²) in [5.41, 5.74) is 4.11. The molecule has 2 aromatic heterocycles. The van der Waals surface area contributed by atoms with Gasteiger partial charge in [0.25, 0.3) is 0 Å². The second-order valence-corrected chi connectivity index (χ2v) is 5.39. The first-order valence-corrected chi connectivity index (χ1v) is 7.20. The van der Waals surface area contributed by atoms with Crippen LogP contribution in [-0.4, -0.2) is 51.4 Å². The SMILES string of the molecule is O=C(O)c1ccc(C2=NCC3=C2CN(c2ncccn2)C3)nc1. The zero-order valence-corrected chi connectivity index (χ0v) is 12.2. The highest BCUT2D eigenvalue weighted by Gasteiger charge is 2.31. The van der Waals surface area contributed by atoms with Crippen LogP contribution in [0.15, 0.2) is 52.9 Å². The lowest BCUT2D eigenvalue weighted by molar-refractivity contribution is 0.0696. The number of hydrogen-bond donors (Lipinski definition) is 1. The lowest BCUT2D eigenvalue weighted by Gasteiger charge is -2.17. The fourth-order valence-corrected chi connectivity index (χ4v) is 2.83. The molecule has 0 atom stereocenters. The highest BCUT2D eigenvalue weighted by Crippen LogP contribution is 2.28. The fraction of sp³-hybridized carbons (Fsp3) is 0.188. The first-order valence-electron chi connectivity index (χ1n) is 7.20. The third-order valence-electron chi connectivity index (χ3n) is 3.96. The molecule has 0 spiro atoms. The molecule has 0 radical (unpaired) electrons. The molecule has 0 aliphatic carbocycles. The highest BCUT2D eigenvalue weighted by atomic mass is 16.4. The number of anilines is 1. The van der Waals surface area contributed by atoms with Gasteiger partial charge in [-0.1, -0.05) is 0 Å². The van der Waals surface area contributed by atoms with Crippen LogP contribution in [0.5, 0.6) is 0 Å². The summed E-state index contributed by atoms with van der Waals surface area (Å²) in [7, 11) is 0. The number of rotatable bonds is 3. The molecule has 0 unspecified atom stereocenters. The van der Waals surface area contributed by atoms with Crippen LogP contribution < -0.4 is 4.90 Å². The van der Waals surface area contributed by atoms with Crippen molar-refractivity contribution in [3.8, 4) is 0 Å². The van der Waals surface area contributed by atoms with Crippen LogP contribution in [0.4, 0.5) is 5.95 Å². The summed E-state index contributed by atoms with van der Waals surface area (Å²) in [6.45, 7) is 2.11. The first-order chi connectivity index (χ1) is 11.2. The number of pyridine rings is 1. The standard InChI is InChI=1S/C16H13N5O2/c22-15(23)10-2-3-13(19-6-10)14-12-9-21(8-11(12)7-20-14)16-17-4-1-5-18-16/h1-6H,7-9H2,(H,22,23). The summed E-state index contributed by atoms with van der Waals surface area (Å²) in [5.74, 6) is -0.277. The highest BCUT2D eigenvalue weighted by molar-refractivity contribution is 6.14. The van der Waals surface area contributed by atoms with E-state index in [1.54, 1.807) is 30.6 Å². The van der Waals surface area contributed by atoms with E-state index in [0.717, 1.165) is 17.8 Å². The lowest BCUT2D eigenvalue weighted by Crippen LogP contribution is -2.25. The third kappa shape index (κ3) is 2.36. The number of nitrogens with zero attached hydrogens (tertiary/aromatic N) is 5. The van der Waals surface area contributed by atoms with Gasteiger partial charge in [0, 0.05) is 37.3 Å². The summed E-state index contributed by atoms with van der Waals surface area (Å²) >= 11 is 0. The van der Waals surface area contributed by atoms with E-state index in [0.29, 0.717) is 24.7 Å². The Bertz CT molecular complexity index is 827. The predicted octanol–water partition coefficient (Wildman–Crippen LogP) is 1.19. The molecule has 7 heteroatoms. The minimum absolute atomic E-state index is 0.173. The molecule has 2 aliphatic heterocycles. The number of hydrogen-bond acceptors (Lipinski definition) is 6. The van der Waals surface area contributed by atoms with Crippen molar-refractivity contribution in [2.75, 3.05) is 24.5 Å². The van der Waals surface area contributed by atoms with Gasteiger partial charge in [-0.05, 0) is 23.8 Å². The monoisotopic (exact) mass is 307 g/mol. The first kappa shape index (κ1) is 13.6. The van der Waals surface area contributed by atoms with Crippen molar-refractivity contribution in [2.45, 2.75) is 0 Å². The van der Waals surface area contributed by atoms with Crippen LogP contribution in [0.3, 0.4) is 0 Å². The van der Waals surface area contributed by atoms with Gasteiger partial charge in [-0.15, -0.1) is 0 Å². The lowest BCUT2D eigenvalue weighted by atomic mass is 10.1. The molecular formula is C16H13N5O2. The van der Waals surface area contributed by atoms with E-state index in [1.165, 1.54) is 11.8 Å². The van der Waals surface area contributed by atoms with Crippen molar-refractivity contribution >= 4 is 17.6 Å². The van der Waals surface area contributed by atoms with Gasteiger partial charge in [-0.3, -0.25) is 9.98 Å². The van der Waals surface area contributed by atoms with E-state index in [2.05, 4.69) is 24.8 Å². The van der Waals surface area contributed by atoms with E-state index < -0.39 is 5.97 Å². The Morgan fingerprint density at radius 2 is 1.96 bits per heavy atom. The van der Waals surface area contributed by atoms with Crippen LogP contribution in [0, 0.1) is 0 Å². The summed E-state index contributed by atoms with van der Waals surface area (Å²) in [4.78, 5) is 30.4. The van der Waals surface area contributed by atoms with Crippen molar-refractivity contribution < 1.29 is 9.90 Å². The average Bonchev–Trinajstić information content (AvgIpc) is 3.16. The molecular weight excluding hydrogens is 294 g/mol. The van der Waals surface area contributed by atoms with Crippen molar-refractivity contribution in [3.05, 3.63) is 59.2 Å². The number of aromatic nitrogens is 3. The Kier molecular flexibility index (Phi) is 3.11. The Morgan fingerprint density at radius 3 is 2.65 bits per heavy atom. The molecule has 0 saturated carbocycles. The van der Waals surface area contributed by atoms with Crippen molar-refractivity contribution in [1.82, 2.24) is 15.0 Å². The zero-order valence-electron chi connectivity index (χ0n) is 12.2. The molecule has 1 N–H and O–H groups in total. The van der Waals surface area contributed by atoms with E-state index in [1.807, 2.05) is 0 Å². The minimum atomic E-state index is -0.981. The minimum Gasteiger partial charge on any atom is -0.478 e. The number of carboxylic acid groups (broad SMARTS) is 1. The number of aromatic carboxylic acids is 1. The second-order valence-electron chi connectivity index (χ2n) is 5.39. The molecule has 0 amide bonds. The Labute approximate surface area is 132 Å². The molecule has 23 heavy (non-hydrogen) atoms. The zero-order chi connectivity index (χ0) is 15.8. The number of carboxylic acids is 1. The van der Waals surface area contributed by atoms with Crippen LogP contribution in [-0.2, 0) is 0 Å². The van der Waals surface area contributed by atoms with Gasteiger partial charge < -0.3 is 10.0 Å². The molecule has 7 nitrogen and oxygen atoms in total. The van der Waals surface area contributed by atoms with Crippen LogP contribution >= 0.6 is 0 Å². The Balaban J connectivity index is 1.57. The largest absolute Gasteiger partial charge is 0.478 e. The van der Waals surface area contributed by atoms with Gasteiger partial charge in [-0.25, -0.2) is 14.8 Å². The molecule has 4 heterocycles. The maximum Gasteiger partial charge on any atom is 0.337 e. The van der Waals surface area contributed by atoms with Crippen LogP contribution in [0.1, 0.15) is 16.1 Å². The van der Waals surface area contributed by atoms with Gasteiger partial charge in [0.05, 0.1) is 23.5 Å². The maximum absolute atomic E-state index is 10.9. The van der Waals surface area contributed by atoms with Crippen molar-refractivity contribution in [2.24, 2.45) is 4.99 Å². The van der Waals surface area contributed by atoms with E-state index in [9.17, 15) is 4.79 Å². The summed E-state index contributed by atoms with van der Waals surface area (Å²) in [5, 5.41) is 8.95. The third-order valence-corrected chi connectivity index (χ3v) is 3.96. The predicted molar refractivity (Wildman–Crippen MR) is 83.9 cm³/mol. The van der Waals surface area contributed by atoms with E-state index in [-0.39, 0.29) is 5.56 Å². The second kappa shape index (κ2) is 5.28. The Morgan fingerprint density at radius 1 is 1.13 bits per heavy atom. The molecule has 4 rings (SSSR count). The van der Waals surface area contributed by atoms with Crippen LogP contribution in [0.25, 0.3) is 0 Å². The quantitative estimate of drug-likeness (QED) is 0.916. The molecule has 2 aromatic rings. The molecule has 0 fully saturated rings. The number of carbonyl (C=O) groups is 1. The maximum atomic E-state index is 10.9. The molecule has 114 valence electrons. The van der Waals surface area contributed by atoms with Crippen LogP contribution in [0.2, 0.25) is 0 Å². The topological polar surface area (TPSA) is 91.6 Å². The van der Waals surface area contributed by atoms with Crippen molar-refractivity contribution in [1.29, 1.82) is 0 Å². The van der Waals surface area contributed by atoms with Gasteiger partial charge in [-0.2, -0.15) is 0 Å². The molecule has 0 saturated heterocycles. The number of aliphatic imine (C=N–C) groups is 1. The summed E-state index contributed by atoms with van der Waals surface area (Å²) < 4.78 is 0. The molecule has 2 aliphatic rings.